The van der Waals surface area contributed by atoms with E-state index in [9.17, 15) is 13.2 Å². The number of hydrogen-bond donors (Lipinski definition) is 1. The van der Waals surface area contributed by atoms with E-state index in [4.69, 9.17) is 21.1 Å². The van der Waals surface area contributed by atoms with Crippen molar-refractivity contribution < 1.29 is 22.7 Å². The number of hydrogen-bond acceptors (Lipinski definition) is 6. The van der Waals surface area contributed by atoms with Crippen molar-refractivity contribution in [3.8, 4) is 11.5 Å². The van der Waals surface area contributed by atoms with Crippen LogP contribution in [0.25, 0.3) is 0 Å². The predicted molar refractivity (Wildman–Crippen MR) is 142 cm³/mol. The molecule has 0 radical (unpaired) electrons. The van der Waals surface area contributed by atoms with Gasteiger partial charge < -0.3 is 9.47 Å². The third-order valence-corrected chi connectivity index (χ3v) is 6.57. The fraction of sp³-hybridized carbons (Fsp3) is 0.231. The Morgan fingerprint density at radius 3 is 2.17 bits per heavy atom. The zero-order valence-corrected chi connectivity index (χ0v) is 21.8. The van der Waals surface area contributed by atoms with Crippen molar-refractivity contribution in [1.29, 1.82) is 0 Å². The highest BCUT2D eigenvalue weighted by atomic mass is 35.5. The van der Waals surface area contributed by atoms with Crippen LogP contribution < -0.4 is 19.2 Å². The predicted octanol–water partition coefficient (Wildman–Crippen LogP) is 4.62. The highest BCUT2D eigenvalue weighted by Crippen LogP contribution is 2.24. The molecule has 0 unspecified atom stereocenters. The van der Waals surface area contributed by atoms with E-state index in [1.54, 1.807) is 48.5 Å². The van der Waals surface area contributed by atoms with Gasteiger partial charge in [-0.05, 0) is 85.6 Å². The number of carbonyl (C=O) groups is 1. The lowest BCUT2D eigenvalue weighted by Gasteiger charge is -2.27. The zero-order chi connectivity index (χ0) is 26.1. The Morgan fingerprint density at radius 2 is 1.58 bits per heavy atom. The van der Waals surface area contributed by atoms with Gasteiger partial charge in [0.2, 0.25) is 10.0 Å². The smallest absolute Gasteiger partial charge is 0.263 e. The third-order valence-electron chi connectivity index (χ3n) is 5.08. The molecule has 0 spiro atoms. The maximum absolute atomic E-state index is 12.7. The van der Waals surface area contributed by atoms with E-state index in [0.29, 0.717) is 35.4 Å². The summed E-state index contributed by atoms with van der Waals surface area (Å²) in [6, 6.07) is 20.0. The molecule has 3 rings (SSSR count). The van der Waals surface area contributed by atoms with Crippen LogP contribution in [0.3, 0.4) is 0 Å². The van der Waals surface area contributed by atoms with E-state index in [-0.39, 0.29) is 0 Å². The molecular weight excluding hydrogens is 502 g/mol. The van der Waals surface area contributed by atoms with Gasteiger partial charge >= 0.3 is 0 Å². The lowest BCUT2D eigenvalue weighted by atomic mass is 10.2. The monoisotopic (exact) mass is 529 g/mol. The van der Waals surface area contributed by atoms with Gasteiger partial charge in [0.05, 0.1) is 24.8 Å². The first-order valence-electron chi connectivity index (χ1n) is 11.2. The first-order valence-corrected chi connectivity index (χ1v) is 13.4. The van der Waals surface area contributed by atoms with Crippen LogP contribution >= 0.6 is 11.6 Å². The number of nitrogens with one attached hydrogen (secondary N) is 1. The lowest BCUT2D eigenvalue weighted by Crippen LogP contribution is -2.46. The van der Waals surface area contributed by atoms with Crippen LogP contribution in [-0.4, -0.2) is 39.4 Å². The minimum atomic E-state index is -3.74. The highest BCUT2D eigenvalue weighted by molar-refractivity contribution is 7.92. The molecule has 1 amide bonds. The number of anilines is 1. The normalized spacial score (nSPS) is 12.2. The van der Waals surface area contributed by atoms with Crippen LogP contribution in [0.2, 0.25) is 5.02 Å². The fourth-order valence-corrected chi connectivity index (χ4v) is 4.63. The number of nitrogens with zero attached hydrogens (tertiary/aromatic N) is 2. The Kier molecular flexibility index (Phi) is 9.32. The molecule has 0 aliphatic carbocycles. The molecular formula is C26H28ClN3O5S. The number of hydrazone groups is 1. The Morgan fingerprint density at radius 1 is 1.00 bits per heavy atom. The minimum Gasteiger partial charge on any atom is -0.494 e. The van der Waals surface area contributed by atoms with E-state index in [2.05, 4.69) is 10.5 Å². The van der Waals surface area contributed by atoms with Crippen molar-refractivity contribution >= 4 is 39.4 Å². The second kappa shape index (κ2) is 12.4. The molecule has 1 atom stereocenters. The number of ether oxygens (including phenoxy) is 2. The second-order valence-corrected chi connectivity index (χ2v) is 10.2. The Bertz CT molecular complexity index is 1280. The standard InChI is InChI=1S/C26H28ClN3O5S/c1-4-34-24-15-11-23(12-16-24)30(36(3,32)33)19(2)26(31)29-28-17-20-7-13-25(14-8-20)35-18-21-5-9-22(27)10-6-21/h5-17,19H,4,18H2,1-3H3,(H,29,31)/b28-17-/t19-/m1/s1. The summed E-state index contributed by atoms with van der Waals surface area (Å²) in [6.45, 7) is 4.25. The van der Waals surface area contributed by atoms with Crippen molar-refractivity contribution in [2.75, 3.05) is 17.2 Å². The summed E-state index contributed by atoms with van der Waals surface area (Å²) in [7, 11) is -3.74. The largest absolute Gasteiger partial charge is 0.494 e. The van der Waals surface area contributed by atoms with Crippen molar-refractivity contribution in [1.82, 2.24) is 5.43 Å². The molecule has 0 heterocycles. The number of sulfonamides is 1. The van der Waals surface area contributed by atoms with Crippen LogP contribution in [0.15, 0.2) is 77.9 Å². The summed E-state index contributed by atoms with van der Waals surface area (Å²) in [5.41, 5.74) is 4.48. The quantitative estimate of drug-likeness (QED) is 0.289. The second-order valence-electron chi connectivity index (χ2n) is 7.88. The van der Waals surface area contributed by atoms with Crippen LogP contribution in [0.4, 0.5) is 5.69 Å². The van der Waals surface area contributed by atoms with Crippen LogP contribution in [0.5, 0.6) is 11.5 Å². The van der Waals surface area contributed by atoms with E-state index in [1.165, 1.54) is 13.1 Å². The topological polar surface area (TPSA) is 97.3 Å². The van der Waals surface area contributed by atoms with E-state index in [1.807, 2.05) is 31.2 Å². The van der Waals surface area contributed by atoms with E-state index >= 15 is 0 Å². The molecule has 0 aliphatic heterocycles. The van der Waals surface area contributed by atoms with E-state index < -0.39 is 22.0 Å². The first-order chi connectivity index (χ1) is 17.2. The Hall–Kier alpha value is -3.56. The van der Waals surface area contributed by atoms with Gasteiger partial charge in [0.25, 0.3) is 5.91 Å². The van der Waals surface area contributed by atoms with Gasteiger partial charge in [-0.1, -0.05) is 23.7 Å². The fourth-order valence-electron chi connectivity index (χ4n) is 3.33. The van der Waals surface area contributed by atoms with Crippen LogP contribution in [0, 0.1) is 0 Å². The zero-order valence-electron chi connectivity index (χ0n) is 20.2. The van der Waals surface area contributed by atoms with Crippen LogP contribution in [0.1, 0.15) is 25.0 Å². The van der Waals surface area contributed by atoms with Crippen molar-refractivity contribution in [3.63, 3.8) is 0 Å². The maximum Gasteiger partial charge on any atom is 0.263 e. The first kappa shape index (κ1) is 27.0. The Balaban J connectivity index is 1.59. The molecule has 3 aromatic carbocycles. The summed E-state index contributed by atoms with van der Waals surface area (Å²) in [6.07, 6.45) is 2.52. The number of rotatable bonds is 11. The van der Waals surface area contributed by atoms with E-state index in [0.717, 1.165) is 21.7 Å². The summed E-state index contributed by atoms with van der Waals surface area (Å²) < 4.78 is 37.1. The number of halogens is 1. The molecule has 8 nitrogen and oxygen atoms in total. The van der Waals surface area contributed by atoms with Crippen molar-refractivity contribution in [2.45, 2.75) is 26.5 Å². The average Bonchev–Trinajstić information content (AvgIpc) is 2.85. The maximum atomic E-state index is 12.7. The van der Waals surface area contributed by atoms with Crippen molar-refractivity contribution in [2.24, 2.45) is 5.10 Å². The average molecular weight is 530 g/mol. The van der Waals surface area contributed by atoms with Gasteiger partial charge in [-0.25, -0.2) is 13.8 Å². The molecule has 0 saturated carbocycles. The van der Waals surface area contributed by atoms with Gasteiger partial charge in [0.1, 0.15) is 24.1 Å². The highest BCUT2D eigenvalue weighted by Gasteiger charge is 2.29. The molecule has 36 heavy (non-hydrogen) atoms. The van der Waals surface area contributed by atoms with Crippen LogP contribution in [-0.2, 0) is 21.4 Å². The number of carbonyl (C=O) groups excluding carboxylic acids is 1. The van der Waals surface area contributed by atoms with Gasteiger partial charge in [-0.3, -0.25) is 9.10 Å². The molecule has 0 saturated heterocycles. The Labute approximate surface area is 216 Å². The number of benzene rings is 3. The van der Waals surface area contributed by atoms with Gasteiger partial charge in [-0.15, -0.1) is 0 Å². The molecule has 0 fully saturated rings. The molecule has 10 heteroatoms. The van der Waals surface area contributed by atoms with Gasteiger partial charge in [-0.2, -0.15) is 5.10 Å². The van der Waals surface area contributed by atoms with Crippen molar-refractivity contribution in [3.05, 3.63) is 88.9 Å². The summed E-state index contributed by atoms with van der Waals surface area (Å²) >= 11 is 5.89. The lowest BCUT2D eigenvalue weighted by molar-refractivity contribution is -0.121. The summed E-state index contributed by atoms with van der Waals surface area (Å²) in [4.78, 5) is 12.7. The molecule has 0 aromatic heterocycles. The summed E-state index contributed by atoms with van der Waals surface area (Å²) in [5.74, 6) is 0.713. The third kappa shape index (κ3) is 7.73. The molecule has 0 aliphatic rings. The molecule has 0 bridgehead atoms. The van der Waals surface area contributed by atoms with Gasteiger partial charge in [0.15, 0.2) is 0 Å². The van der Waals surface area contributed by atoms with Gasteiger partial charge in [0, 0.05) is 5.02 Å². The minimum absolute atomic E-state index is 0.349. The molecule has 1 N–H and O–H groups in total. The molecule has 3 aromatic rings. The summed E-state index contributed by atoms with van der Waals surface area (Å²) in [5, 5.41) is 4.64. The molecule has 190 valence electrons. The number of amides is 1. The SMILES string of the molecule is CCOc1ccc(N([C@H](C)C(=O)N/N=C\c2ccc(OCc3ccc(Cl)cc3)cc2)S(C)(=O)=O)cc1.